The number of nitrogens with one attached hydrogen (secondary N) is 1. The third-order valence-electron chi connectivity index (χ3n) is 5.21. The van der Waals surface area contributed by atoms with Crippen LogP contribution in [0.5, 0.6) is 0 Å². The Morgan fingerprint density at radius 2 is 1.90 bits per heavy atom. The van der Waals surface area contributed by atoms with Crippen LogP contribution in [0, 0.1) is 0 Å². The van der Waals surface area contributed by atoms with Gasteiger partial charge in [0.05, 0.1) is 11.6 Å². The molecule has 2 unspecified atom stereocenters. The molecule has 6 nitrogen and oxygen atoms in total. The number of hydrogen-bond acceptors (Lipinski definition) is 5. The summed E-state index contributed by atoms with van der Waals surface area (Å²) in [6.07, 6.45) is 9.94. The lowest BCUT2D eigenvalue weighted by atomic mass is 9.82. The molecule has 2 aliphatic heterocycles. The smallest absolute Gasteiger partial charge is 0.163 e. The molecule has 2 aromatic heterocycles. The van der Waals surface area contributed by atoms with Crippen LogP contribution >= 0.6 is 0 Å². The van der Waals surface area contributed by atoms with E-state index in [0.717, 1.165) is 28.9 Å². The average Bonchev–Trinajstić information content (AvgIpc) is 2.83. The molecule has 2 atom stereocenters. The van der Waals surface area contributed by atoms with Crippen molar-refractivity contribution in [3.63, 3.8) is 0 Å². The molecular weight excluding hydrogens is 264 g/mol. The molecule has 0 aromatic carbocycles. The largest absolute Gasteiger partial charge is 0.367 e. The first-order valence-electron chi connectivity index (χ1n) is 7.83. The van der Waals surface area contributed by atoms with Gasteiger partial charge in [-0.15, -0.1) is 0 Å². The zero-order valence-electron chi connectivity index (χ0n) is 12.7. The van der Waals surface area contributed by atoms with Gasteiger partial charge in [0.25, 0.3) is 0 Å². The molecule has 21 heavy (non-hydrogen) atoms. The first-order valence-corrected chi connectivity index (χ1v) is 7.83. The number of rotatable bonds is 2. The summed E-state index contributed by atoms with van der Waals surface area (Å²) in [5, 5.41) is 8.96. The third-order valence-corrected chi connectivity index (χ3v) is 5.21. The Bertz CT molecular complexity index is 637. The normalized spacial score (nSPS) is 29.7. The van der Waals surface area contributed by atoms with E-state index in [9.17, 15) is 0 Å². The fourth-order valence-electron chi connectivity index (χ4n) is 4.00. The minimum absolute atomic E-state index is 0.509. The highest BCUT2D eigenvalue weighted by Gasteiger charge is 2.36. The van der Waals surface area contributed by atoms with Crippen LogP contribution in [0.1, 0.15) is 32.1 Å². The van der Waals surface area contributed by atoms with Crippen molar-refractivity contribution >= 4 is 16.9 Å². The number of hydrogen-bond donors (Lipinski definition) is 1. The minimum Gasteiger partial charge on any atom is -0.367 e. The summed E-state index contributed by atoms with van der Waals surface area (Å²) in [6.45, 7) is 0. The van der Waals surface area contributed by atoms with Crippen LogP contribution in [-0.2, 0) is 7.05 Å². The Hall–Kier alpha value is -1.69. The fraction of sp³-hybridized carbons (Fsp3) is 0.667. The van der Waals surface area contributed by atoms with Gasteiger partial charge in [-0.25, -0.2) is 9.97 Å². The van der Waals surface area contributed by atoms with Gasteiger partial charge in [0, 0.05) is 25.2 Å². The van der Waals surface area contributed by atoms with Crippen LogP contribution in [-0.4, -0.2) is 49.8 Å². The maximum atomic E-state index is 4.44. The second-order valence-corrected chi connectivity index (χ2v) is 6.44. The fourth-order valence-corrected chi connectivity index (χ4v) is 4.00. The van der Waals surface area contributed by atoms with Crippen molar-refractivity contribution < 1.29 is 0 Å². The quantitative estimate of drug-likeness (QED) is 0.912. The molecule has 2 aromatic rings. The van der Waals surface area contributed by atoms with Crippen LogP contribution in [0.3, 0.4) is 0 Å². The van der Waals surface area contributed by atoms with Crippen LogP contribution in [0.2, 0.25) is 0 Å². The zero-order valence-corrected chi connectivity index (χ0v) is 12.7. The van der Waals surface area contributed by atoms with E-state index in [4.69, 9.17) is 0 Å². The molecule has 2 aliphatic rings. The molecule has 0 aliphatic carbocycles. The first-order chi connectivity index (χ1) is 10.2. The third kappa shape index (κ3) is 2.18. The molecule has 2 bridgehead atoms. The summed E-state index contributed by atoms with van der Waals surface area (Å²) in [5.41, 5.74) is 0.889. The van der Waals surface area contributed by atoms with E-state index in [1.165, 1.54) is 32.1 Å². The van der Waals surface area contributed by atoms with Gasteiger partial charge < -0.3 is 10.2 Å². The van der Waals surface area contributed by atoms with Gasteiger partial charge in [-0.05, 0) is 32.7 Å². The Balaban J connectivity index is 1.58. The Morgan fingerprint density at radius 3 is 2.67 bits per heavy atom. The molecule has 4 heterocycles. The van der Waals surface area contributed by atoms with E-state index in [0.29, 0.717) is 6.04 Å². The predicted octanol–water partition coefficient (Wildman–Crippen LogP) is 1.79. The number of fused-ring (bicyclic) bond motifs is 3. The molecule has 112 valence electrons. The zero-order chi connectivity index (χ0) is 14.4. The highest BCUT2D eigenvalue weighted by molar-refractivity contribution is 5.86. The van der Waals surface area contributed by atoms with Crippen LogP contribution < -0.4 is 5.32 Å². The van der Waals surface area contributed by atoms with Crippen molar-refractivity contribution in [1.29, 1.82) is 0 Å². The Kier molecular flexibility index (Phi) is 3.06. The first kappa shape index (κ1) is 13.0. The molecule has 0 spiro atoms. The Morgan fingerprint density at radius 1 is 1.14 bits per heavy atom. The van der Waals surface area contributed by atoms with Crippen LogP contribution in [0.4, 0.5) is 5.82 Å². The topological polar surface area (TPSA) is 58.9 Å². The highest BCUT2D eigenvalue weighted by atomic mass is 15.3. The van der Waals surface area contributed by atoms with Crippen molar-refractivity contribution in [3.8, 4) is 0 Å². The van der Waals surface area contributed by atoms with E-state index in [2.05, 4.69) is 32.3 Å². The summed E-state index contributed by atoms with van der Waals surface area (Å²) < 4.78 is 1.80. The molecule has 0 amide bonds. The number of aryl methyl sites for hydroxylation is 1. The SMILES string of the molecule is CN1C2CCCC1CC(Nc1ncnc3c1cnn3C)C2. The molecule has 1 N–H and O–H groups in total. The van der Waals surface area contributed by atoms with E-state index in [1.54, 1.807) is 11.0 Å². The summed E-state index contributed by atoms with van der Waals surface area (Å²) in [5.74, 6) is 0.931. The van der Waals surface area contributed by atoms with Crippen molar-refractivity contribution in [1.82, 2.24) is 24.6 Å². The van der Waals surface area contributed by atoms with E-state index in [-0.39, 0.29) is 0 Å². The van der Waals surface area contributed by atoms with Gasteiger partial charge in [-0.1, -0.05) is 6.42 Å². The lowest BCUT2D eigenvalue weighted by molar-refractivity contribution is 0.0608. The van der Waals surface area contributed by atoms with E-state index < -0.39 is 0 Å². The monoisotopic (exact) mass is 286 g/mol. The average molecular weight is 286 g/mol. The van der Waals surface area contributed by atoms with Crippen molar-refractivity contribution in [2.75, 3.05) is 12.4 Å². The number of nitrogens with zero attached hydrogens (tertiary/aromatic N) is 5. The molecule has 4 rings (SSSR count). The molecule has 0 saturated carbocycles. The van der Waals surface area contributed by atoms with Gasteiger partial charge in [0.15, 0.2) is 5.65 Å². The van der Waals surface area contributed by atoms with Gasteiger partial charge in [-0.2, -0.15) is 5.10 Å². The van der Waals surface area contributed by atoms with E-state index in [1.807, 2.05) is 13.2 Å². The second kappa shape index (κ2) is 4.94. The summed E-state index contributed by atoms with van der Waals surface area (Å²) >= 11 is 0. The van der Waals surface area contributed by atoms with Gasteiger partial charge in [-0.3, -0.25) is 4.68 Å². The van der Waals surface area contributed by atoms with Gasteiger partial charge in [0.1, 0.15) is 12.1 Å². The number of anilines is 1. The summed E-state index contributed by atoms with van der Waals surface area (Å²) in [7, 11) is 4.20. The van der Waals surface area contributed by atoms with Gasteiger partial charge >= 0.3 is 0 Å². The highest BCUT2D eigenvalue weighted by Crippen LogP contribution is 2.34. The second-order valence-electron chi connectivity index (χ2n) is 6.44. The number of aromatic nitrogens is 4. The van der Waals surface area contributed by atoms with Crippen molar-refractivity contribution in [2.24, 2.45) is 7.05 Å². The Labute approximate surface area is 124 Å². The standard InChI is InChI=1S/C15H22N6/c1-20-11-4-3-5-12(20)7-10(6-11)19-14-13-8-18-21(2)15(13)17-9-16-14/h8-12H,3-7H2,1-2H3,(H,16,17,19). The van der Waals surface area contributed by atoms with Crippen molar-refractivity contribution in [3.05, 3.63) is 12.5 Å². The number of piperidine rings is 2. The predicted molar refractivity (Wildman–Crippen MR) is 82.1 cm³/mol. The molecule has 0 radical (unpaired) electrons. The van der Waals surface area contributed by atoms with Crippen LogP contribution in [0.15, 0.2) is 12.5 Å². The molecule has 2 fully saturated rings. The maximum absolute atomic E-state index is 4.44. The lowest BCUT2D eigenvalue weighted by Gasteiger charge is -2.47. The van der Waals surface area contributed by atoms with Crippen LogP contribution in [0.25, 0.3) is 11.0 Å². The maximum Gasteiger partial charge on any atom is 0.163 e. The lowest BCUT2D eigenvalue weighted by Crippen LogP contribution is -2.52. The summed E-state index contributed by atoms with van der Waals surface area (Å²) in [6, 6.07) is 1.96. The molecule has 2 saturated heterocycles. The molecular formula is C15H22N6. The van der Waals surface area contributed by atoms with Gasteiger partial charge in [0.2, 0.25) is 0 Å². The minimum atomic E-state index is 0.509. The van der Waals surface area contributed by atoms with Crippen molar-refractivity contribution in [2.45, 2.75) is 50.2 Å². The molecule has 6 heteroatoms. The van der Waals surface area contributed by atoms with E-state index >= 15 is 0 Å². The summed E-state index contributed by atoms with van der Waals surface area (Å²) in [4.78, 5) is 11.3.